The first-order valence-electron chi connectivity index (χ1n) is 8.70. The number of halogens is 4. The second kappa shape index (κ2) is 8.97. The zero-order valence-corrected chi connectivity index (χ0v) is 16.2. The lowest BCUT2D eigenvalue weighted by atomic mass is 9.96. The van der Waals surface area contributed by atoms with E-state index < -0.39 is 29.6 Å². The van der Waals surface area contributed by atoms with Gasteiger partial charge in [-0.2, -0.15) is 18.3 Å². The van der Waals surface area contributed by atoms with Gasteiger partial charge in [0.1, 0.15) is 17.7 Å². The van der Waals surface area contributed by atoms with Crippen molar-refractivity contribution < 1.29 is 37.0 Å². The van der Waals surface area contributed by atoms with E-state index in [-0.39, 0.29) is 18.8 Å². The highest BCUT2D eigenvalue weighted by atomic mass is 19.4. The van der Waals surface area contributed by atoms with Crippen molar-refractivity contribution in [2.45, 2.75) is 33.0 Å². The van der Waals surface area contributed by atoms with Crippen LogP contribution in [0.5, 0.6) is 0 Å². The minimum atomic E-state index is -4.77. The number of benzene rings is 1. The largest absolute Gasteiger partial charge is 0.483 e. The summed E-state index contributed by atoms with van der Waals surface area (Å²) in [6, 6.07) is 3.62. The standard InChI is InChI=1S/C18H17F4N3O2.CH2O2/c1-4-27-17(26)14-8-15-23-10(3)9(2)16(25(15)24-14)11-5-6-12(13(19)7-11)18(20,21)22;2-1-3/h5-8,16,23H,4H2,1-3H3;1H,(H,2,3). The van der Waals surface area contributed by atoms with E-state index in [1.54, 1.807) is 20.8 Å². The number of carbonyl (C=O) groups is 2. The second-order valence-electron chi connectivity index (χ2n) is 6.26. The fourth-order valence-electron chi connectivity index (χ4n) is 2.99. The third-order valence-electron chi connectivity index (χ3n) is 4.40. The molecule has 0 saturated heterocycles. The number of esters is 1. The van der Waals surface area contributed by atoms with Crippen molar-refractivity contribution in [2.24, 2.45) is 0 Å². The highest BCUT2D eigenvalue weighted by Crippen LogP contribution is 2.38. The Bertz CT molecular complexity index is 983. The van der Waals surface area contributed by atoms with Crippen molar-refractivity contribution in [3.05, 3.63) is 58.2 Å². The summed E-state index contributed by atoms with van der Waals surface area (Å²) >= 11 is 0. The summed E-state index contributed by atoms with van der Waals surface area (Å²) in [7, 11) is 0. The number of rotatable bonds is 3. The fraction of sp³-hybridized carbons (Fsp3) is 0.316. The van der Waals surface area contributed by atoms with Crippen LogP contribution in [0.4, 0.5) is 23.4 Å². The average molecular weight is 429 g/mol. The molecule has 3 rings (SSSR count). The summed E-state index contributed by atoms with van der Waals surface area (Å²) in [5.41, 5.74) is 0.493. The van der Waals surface area contributed by atoms with E-state index in [1.807, 2.05) is 0 Å². The van der Waals surface area contributed by atoms with Gasteiger partial charge >= 0.3 is 12.1 Å². The first-order valence-corrected chi connectivity index (χ1v) is 8.70. The van der Waals surface area contributed by atoms with Gasteiger partial charge in [-0.15, -0.1) is 0 Å². The van der Waals surface area contributed by atoms with E-state index in [4.69, 9.17) is 14.6 Å². The lowest BCUT2D eigenvalue weighted by molar-refractivity contribution is -0.140. The SMILES string of the molecule is CCOC(=O)c1cc2n(n1)C(c1ccc(C(F)(F)F)c(F)c1)C(C)=C(C)N2.O=CO. The number of nitrogens with zero attached hydrogens (tertiary/aromatic N) is 2. The molecule has 2 aromatic rings. The van der Waals surface area contributed by atoms with Crippen LogP contribution < -0.4 is 5.32 Å². The summed E-state index contributed by atoms with van der Waals surface area (Å²) in [5, 5.41) is 14.2. The van der Waals surface area contributed by atoms with Crippen LogP contribution in [0.15, 0.2) is 35.5 Å². The van der Waals surface area contributed by atoms with Crippen LogP contribution in [0.3, 0.4) is 0 Å². The summed E-state index contributed by atoms with van der Waals surface area (Å²) in [6.45, 7) is 5.13. The molecular weight excluding hydrogens is 410 g/mol. The Morgan fingerprint density at radius 2 is 1.97 bits per heavy atom. The third kappa shape index (κ3) is 4.61. The minimum Gasteiger partial charge on any atom is -0.483 e. The lowest BCUT2D eigenvalue weighted by Crippen LogP contribution is -2.23. The van der Waals surface area contributed by atoms with Gasteiger partial charge in [-0.25, -0.2) is 13.9 Å². The quantitative estimate of drug-likeness (QED) is 0.431. The van der Waals surface area contributed by atoms with Gasteiger partial charge in [0.05, 0.1) is 12.2 Å². The molecule has 1 aromatic heterocycles. The zero-order chi connectivity index (χ0) is 22.6. The van der Waals surface area contributed by atoms with E-state index >= 15 is 0 Å². The van der Waals surface area contributed by atoms with Gasteiger partial charge in [0, 0.05) is 11.8 Å². The minimum absolute atomic E-state index is 0.0548. The van der Waals surface area contributed by atoms with Crippen LogP contribution in [-0.4, -0.2) is 33.9 Å². The maximum absolute atomic E-state index is 14.1. The average Bonchev–Trinajstić information content (AvgIpc) is 3.06. The summed E-state index contributed by atoms with van der Waals surface area (Å²) in [4.78, 5) is 20.3. The van der Waals surface area contributed by atoms with E-state index in [9.17, 15) is 22.4 Å². The number of ether oxygens (including phenoxy) is 1. The predicted octanol–water partition coefficient (Wildman–Crippen LogP) is 4.23. The van der Waals surface area contributed by atoms with Crippen molar-refractivity contribution in [3.8, 4) is 0 Å². The number of carboxylic acid groups (broad SMARTS) is 1. The van der Waals surface area contributed by atoms with Gasteiger partial charge in [-0.1, -0.05) is 6.07 Å². The number of allylic oxidation sites excluding steroid dienone is 2. The number of hydrogen-bond donors (Lipinski definition) is 2. The van der Waals surface area contributed by atoms with Gasteiger partial charge in [0.15, 0.2) is 5.69 Å². The summed E-state index contributed by atoms with van der Waals surface area (Å²) < 4.78 is 59.0. The molecule has 0 fully saturated rings. The number of alkyl halides is 3. The van der Waals surface area contributed by atoms with Crippen molar-refractivity contribution in [1.82, 2.24) is 9.78 Å². The van der Waals surface area contributed by atoms with Gasteiger partial charge in [0.25, 0.3) is 6.47 Å². The molecule has 0 bridgehead atoms. The molecule has 1 atom stereocenters. The van der Waals surface area contributed by atoms with Crippen LogP contribution in [0.25, 0.3) is 0 Å². The zero-order valence-electron chi connectivity index (χ0n) is 16.2. The third-order valence-corrected chi connectivity index (χ3v) is 4.40. The van der Waals surface area contributed by atoms with E-state index in [0.29, 0.717) is 17.4 Å². The highest BCUT2D eigenvalue weighted by Gasteiger charge is 2.35. The number of fused-ring (bicyclic) bond motifs is 1. The van der Waals surface area contributed by atoms with Gasteiger partial charge in [0.2, 0.25) is 0 Å². The maximum Gasteiger partial charge on any atom is 0.419 e. The number of carbonyl (C=O) groups excluding carboxylic acids is 1. The number of hydrogen-bond acceptors (Lipinski definition) is 5. The molecule has 11 heteroatoms. The monoisotopic (exact) mass is 429 g/mol. The summed E-state index contributed by atoms with van der Waals surface area (Å²) in [5.74, 6) is -1.51. The van der Waals surface area contributed by atoms with Crippen molar-refractivity contribution in [1.29, 1.82) is 0 Å². The lowest BCUT2D eigenvalue weighted by Gasteiger charge is -2.28. The fourth-order valence-corrected chi connectivity index (χ4v) is 2.99. The molecule has 1 aliphatic heterocycles. The normalized spacial score (nSPS) is 15.5. The van der Waals surface area contributed by atoms with Crippen LogP contribution in [0, 0.1) is 5.82 Å². The van der Waals surface area contributed by atoms with Gasteiger partial charge < -0.3 is 15.2 Å². The van der Waals surface area contributed by atoms with E-state index in [0.717, 1.165) is 17.3 Å². The van der Waals surface area contributed by atoms with Crippen LogP contribution in [0.1, 0.15) is 48.4 Å². The molecular formula is C19H19F4N3O4. The molecule has 2 heterocycles. The molecule has 0 aliphatic carbocycles. The maximum atomic E-state index is 14.1. The van der Waals surface area contributed by atoms with Crippen molar-refractivity contribution in [3.63, 3.8) is 0 Å². The van der Waals surface area contributed by atoms with E-state index in [2.05, 4.69) is 10.4 Å². The first-order chi connectivity index (χ1) is 14.0. The van der Waals surface area contributed by atoms with Gasteiger partial charge in [-0.3, -0.25) is 4.79 Å². The number of nitrogens with one attached hydrogen (secondary N) is 1. The van der Waals surface area contributed by atoms with Crippen molar-refractivity contribution in [2.75, 3.05) is 11.9 Å². The number of anilines is 1. The predicted molar refractivity (Wildman–Crippen MR) is 98.4 cm³/mol. The molecule has 2 N–H and O–H groups in total. The molecule has 30 heavy (non-hydrogen) atoms. The molecule has 0 saturated carbocycles. The highest BCUT2D eigenvalue weighted by molar-refractivity contribution is 5.88. The molecule has 162 valence electrons. The Labute approximate surface area is 168 Å². The Hall–Kier alpha value is -3.37. The Kier molecular flexibility index (Phi) is 6.85. The smallest absolute Gasteiger partial charge is 0.419 e. The second-order valence-corrected chi connectivity index (χ2v) is 6.26. The molecule has 0 spiro atoms. The molecule has 0 amide bonds. The van der Waals surface area contributed by atoms with Crippen LogP contribution in [-0.2, 0) is 15.7 Å². The molecule has 0 radical (unpaired) electrons. The molecule has 7 nitrogen and oxygen atoms in total. The molecule has 1 unspecified atom stereocenters. The molecule has 1 aromatic carbocycles. The van der Waals surface area contributed by atoms with Gasteiger partial charge in [-0.05, 0) is 44.0 Å². The molecule has 1 aliphatic rings. The van der Waals surface area contributed by atoms with Crippen molar-refractivity contribution >= 4 is 18.3 Å². The van der Waals surface area contributed by atoms with Crippen LogP contribution >= 0.6 is 0 Å². The van der Waals surface area contributed by atoms with E-state index in [1.165, 1.54) is 16.8 Å². The first kappa shape index (κ1) is 22.9. The Morgan fingerprint density at radius 3 is 2.50 bits per heavy atom. The number of aromatic nitrogens is 2. The Balaban J connectivity index is 0.00000101. The summed E-state index contributed by atoms with van der Waals surface area (Å²) in [6.07, 6.45) is -4.77. The Morgan fingerprint density at radius 1 is 1.33 bits per heavy atom. The van der Waals surface area contributed by atoms with Crippen LogP contribution in [0.2, 0.25) is 0 Å². The topological polar surface area (TPSA) is 93.5 Å².